The molecule has 3 amide bonds. The van der Waals surface area contributed by atoms with Gasteiger partial charge in [-0.15, -0.1) is 0 Å². The molecule has 2 aromatic rings. The summed E-state index contributed by atoms with van der Waals surface area (Å²) >= 11 is 0. The van der Waals surface area contributed by atoms with Crippen LogP contribution in [0.2, 0.25) is 0 Å². The van der Waals surface area contributed by atoms with Crippen molar-refractivity contribution in [3.05, 3.63) is 59.2 Å². The van der Waals surface area contributed by atoms with Crippen LogP contribution in [-0.2, 0) is 26.9 Å². The SMILES string of the molecule is CC(C)(C)OC(=O)N1CC2(C/C(=C\C(=O)Nc3cccc4c3CCC(=O)N4)c3ccc(C(F)(F)F)cc3O2)C1. The van der Waals surface area contributed by atoms with Gasteiger partial charge >= 0.3 is 12.3 Å². The Balaban J connectivity index is 1.42. The average molecular weight is 544 g/mol. The van der Waals surface area contributed by atoms with E-state index in [1.165, 1.54) is 17.0 Å². The van der Waals surface area contributed by atoms with Crippen LogP contribution in [0.3, 0.4) is 0 Å². The number of fused-ring (bicyclic) bond motifs is 2. The molecule has 0 radical (unpaired) electrons. The lowest BCUT2D eigenvalue weighted by atomic mass is 9.81. The van der Waals surface area contributed by atoms with Gasteiger partial charge in [0.25, 0.3) is 0 Å². The summed E-state index contributed by atoms with van der Waals surface area (Å²) in [7, 11) is 0. The Morgan fingerprint density at radius 3 is 2.56 bits per heavy atom. The predicted octanol–water partition coefficient (Wildman–Crippen LogP) is 5.38. The van der Waals surface area contributed by atoms with Crippen LogP contribution in [0.1, 0.15) is 50.3 Å². The molecule has 1 spiro atoms. The van der Waals surface area contributed by atoms with Gasteiger partial charge in [0, 0.05) is 35.9 Å². The van der Waals surface area contributed by atoms with E-state index < -0.39 is 34.9 Å². The Morgan fingerprint density at radius 1 is 1.13 bits per heavy atom. The molecule has 39 heavy (non-hydrogen) atoms. The zero-order valence-corrected chi connectivity index (χ0v) is 21.7. The van der Waals surface area contributed by atoms with E-state index in [0.717, 1.165) is 17.7 Å². The minimum atomic E-state index is -4.58. The number of alkyl halides is 3. The maximum absolute atomic E-state index is 13.5. The number of amides is 3. The fourth-order valence-corrected chi connectivity index (χ4v) is 5.04. The summed E-state index contributed by atoms with van der Waals surface area (Å²) in [5, 5.41) is 5.62. The Bertz CT molecular complexity index is 1390. The molecule has 206 valence electrons. The summed E-state index contributed by atoms with van der Waals surface area (Å²) in [6.45, 7) is 5.42. The number of hydrogen-bond donors (Lipinski definition) is 2. The molecule has 11 heteroatoms. The van der Waals surface area contributed by atoms with Gasteiger partial charge in [-0.3, -0.25) is 9.59 Å². The van der Waals surface area contributed by atoms with Crippen LogP contribution in [0.15, 0.2) is 42.5 Å². The summed E-state index contributed by atoms with van der Waals surface area (Å²) in [6.07, 6.45) is -2.79. The van der Waals surface area contributed by atoms with Crippen LogP contribution in [0.25, 0.3) is 5.57 Å². The second-order valence-corrected chi connectivity index (χ2v) is 11.0. The van der Waals surface area contributed by atoms with Gasteiger partial charge < -0.3 is 25.0 Å². The number of carbonyl (C=O) groups is 3. The molecule has 8 nitrogen and oxygen atoms in total. The fourth-order valence-electron chi connectivity index (χ4n) is 5.04. The number of benzene rings is 2. The normalized spacial score (nSPS) is 18.9. The van der Waals surface area contributed by atoms with Crippen molar-refractivity contribution in [2.75, 3.05) is 23.7 Å². The van der Waals surface area contributed by atoms with Crippen LogP contribution in [0, 0.1) is 0 Å². The van der Waals surface area contributed by atoms with Gasteiger partial charge in [-0.1, -0.05) is 12.1 Å². The van der Waals surface area contributed by atoms with E-state index in [2.05, 4.69) is 10.6 Å². The van der Waals surface area contributed by atoms with Crippen molar-refractivity contribution in [2.45, 2.75) is 57.4 Å². The van der Waals surface area contributed by atoms with Crippen LogP contribution >= 0.6 is 0 Å². The predicted molar refractivity (Wildman–Crippen MR) is 137 cm³/mol. The van der Waals surface area contributed by atoms with E-state index >= 15 is 0 Å². The topological polar surface area (TPSA) is 97.0 Å². The number of halogens is 3. The van der Waals surface area contributed by atoms with E-state index in [9.17, 15) is 27.6 Å². The monoisotopic (exact) mass is 543 g/mol. The third kappa shape index (κ3) is 5.57. The number of carbonyl (C=O) groups excluding carboxylic acids is 3. The Kier molecular flexibility index (Phi) is 6.35. The molecule has 3 aliphatic rings. The van der Waals surface area contributed by atoms with Crippen molar-refractivity contribution in [1.29, 1.82) is 0 Å². The highest BCUT2D eigenvalue weighted by molar-refractivity contribution is 6.06. The molecule has 5 rings (SSSR count). The second kappa shape index (κ2) is 9.32. The number of anilines is 2. The van der Waals surface area contributed by atoms with Crippen LogP contribution in [-0.4, -0.2) is 47.1 Å². The van der Waals surface area contributed by atoms with Crippen LogP contribution in [0.4, 0.5) is 29.3 Å². The van der Waals surface area contributed by atoms with Gasteiger partial charge in [-0.2, -0.15) is 13.2 Å². The molecule has 1 fully saturated rings. The number of nitrogens with zero attached hydrogens (tertiary/aromatic N) is 1. The second-order valence-electron chi connectivity index (χ2n) is 11.0. The van der Waals surface area contributed by atoms with Crippen molar-refractivity contribution in [3.63, 3.8) is 0 Å². The van der Waals surface area contributed by atoms with Gasteiger partial charge in [0.1, 0.15) is 17.0 Å². The first-order chi connectivity index (χ1) is 18.2. The Hall–Kier alpha value is -4.02. The quantitative estimate of drug-likeness (QED) is 0.496. The molecule has 2 aromatic carbocycles. The lowest BCUT2D eigenvalue weighted by molar-refractivity contribution is -0.138. The molecule has 3 heterocycles. The third-order valence-corrected chi connectivity index (χ3v) is 6.72. The van der Waals surface area contributed by atoms with E-state index in [-0.39, 0.29) is 31.2 Å². The van der Waals surface area contributed by atoms with E-state index in [1.54, 1.807) is 39.0 Å². The third-order valence-electron chi connectivity index (χ3n) is 6.72. The minimum absolute atomic E-state index is 0.00114. The van der Waals surface area contributed by atoms with Crippen molar-refractivity contribution in [3.8, 4) is 5.75 Å². The molecule has 3 aliphatic heterocycles. The lowest BCUT2D eigenvalue weighted by Gasteiger charge is -2.51. The van der Waals surface area contributed by atoms with E-state index in [1.807, 2.05) is 0 Å². The molecule has 0 unspecified atom stereocenters. The summed E-state index contributed by atoms with van der Waals surface area (Å²) in [6, 6.07) is 8.37. The van der Waals surface area contributed by atoms with Gasteiger partial charge in [-0.25, -0.2) is 4.79 Å². The first kappa shape index (κ1) is 26.6. The standard InChI is InChI=1S/C28H28F3N3O5/c1-26(2,3)39-25(37)34-14-27(15-34)13-16(18-8-7-17(28(29,30)31)12-22(18)38-27)11-24(36)33-21-6-4-5-20-19(21)9-10-23(35)32-20/h4-8,11-12H,9-10,13-15H2,1-3H3,(H,32,35)(H,33,36)/b16-11+. The highest BCUT2D eigenvalue weighted by atomic mass is 19.4. The average Bonchev–Trinajstić information content (AvgIpc) is 2.80. The van der Waals surface area contributed by atoms with E-state index in [0.29, 0.717) is 35.4 Å². The molecule has 2 N–H and O–H groups in total. The van der Waals surface area contributed by atoms with Crippen LogP contribution in [0.5, 0.6) is 5.75 Å². The number of likely N-dealkylation sites (tertiary alicyclic amines) is 1. The Morgan fingerprint density at radius 2 is 1.87 bits per heavy atom. The van der Waals surface area contributed by atoms with Crippen LogP contribution < -0.4 is 15.4 Å². The number of nitrogens with one attached hydrogen (secondary N) is 2. The molecule has 0 saturated carbocycles. The summed E-state index contributed by atoms with van der Waals surface area (Å²) in [5.74, 6) is -0.573. The highest BCUT2D eigenvalue weighted by Crippen LogP contribution is 2.46. The fraction of sp³-hybridized carbons (Fsp3) is 0.393. The van der Waals surface area contributed by atoms with Gasteiger partial charge in [0.05, 0.1) is 18.7 Å². The lowest BCUT2D eigenvalue weighted by Crippen LogP contribution is -2.67. The molecule has 0 atom stereocenters. The minimum Gasteiger partial charge on any atom is -0.483 e. The molecule has 0 aliphatic carbocycles. The molecular weight excluding hydrogens is 515 g/mol. The zero-order chi connectivity index (χ0) is 28.2. The summed E-state index contributed by atoms with van der Waals surface area (Å²) in [5.41, 5.74) is 0.275. The largest absolute Gasteiger partial charge is 0.483 e. The summed E-state index contributed by atoms with van der Waals surface area (Å²) in [4.78, 5) is 38.8. The molecule has 0 bridgehead atoms. The summed E-state index contributed by atoms with van der Waals surface area (Å²) < 4.78 is 51.8. The zero-order valence-electron chi connectivity index (χ0n) is 21.7. The number of ether oxygens (including phenoxy) is 2. The van der Waals surface area contributed by atoms with Crippen molar-refractivity contribution < 1.29 is 37.0 Å². The molecule has 0 aromatic heterocycles. The highest BCUT2D eigenvalue weighted by Gasteiger charge is 2.52. The number of hydrogen-bond acceptors (Lipinski definition) is 5. The van der Waals surface area contributed by atoms with Crippen molar-refractivity contribution in [1.82, 2.24) is 4.90 Å². The van der Waals surface area contributed by atoms with Gasteiger partial charge in [-0.05, 0) is 62.6 Å². The smallest absolute Gasteiger partial charge is 0.416 e. The maximum atomic E-state index is 13.5. The van der Waals surface area contributed by atoms with Gasteiger partial charge in [0.15, 0.2) is 0 Å². The Labute approximate surface area is 223 Å². The van der Waals surface area contributed by atoms with Gasteiger partial charge in [0.2, 0.25) is 11.8 Å². The van der Waals surface area contributed by atoms with Crippen molar-refractivity contribution in [2.24, 2.45) is 0 Å². The first-order valence-corrected chi connectivity index (χ1v) is 12.5. The van der Waals surface area contributed by atoms with Crippen molar-refractivity contribution >= 4 is 34.9 Å². The first-order valence-electron chi connectivity index (χ1n) is 12.5. The molecular formula is C28H28F3N3O5. The maximum Gasteiger partial charge on any atom is 0.416 e. The van der Waals surface area contributed by atoms with E-state index in [4.69, 9.17) is 9.47 Å². The number of rotatable bonds is 2. The molecule has 1 saturated heterocycles.